The van der Waals surface area contributed by atoms with Gasteiger partial charge in [0.15, 0.2) is 11.8 Å². The second-order valence-corrected chi connectivity index (χ2v) is 7.13. The summed E-state index contributed by atoms with van der Waals surface area (Å²) in [4.78, 5) is 4.74. The molecular formula is C20H30N6O. The molecule has 1 aromatic carbocycles. The molecule has 0 amide bonds. The first-order valence-electron chi connectivity index (χ1n) is 9.61. The first-order chi connectivity index (χ1) is 13.0. The lowest BCUT2D eigenvalue weighted by molar-refractivity contribution is 0.113. The highest BCUT2D eigenvalue weighted by molar-refractivity contribution is 5.80. The van der Waals surface area contributed by atoms with Gasteiger partial charge in [0.25, 0.3) is 0 Å². The molecule has 2 atom stereocenters. The molecule has 2 unspecified atom stereocenters. The quantitative estimate of drug-likeness (QED) is 0.603. The average Bonchev–Trinajstić information content (AvgIpc) is 3.29. The summed E-state index contributed by atoms with van der Waals surface area (Å²) in [6.07, 6.45) is 2.48. The molecule has 1 aromatic heterocycles. The van der Waals surface area contributed by atoms with Crippen LogP contribution in [-0.2, 0) is 18.3 Å². The highest BCUT2D eigenvalue weighted by Crippen LogP contribution is 2.16. The van der Waals surface area contributed by atoms with Crippen molar-refractivity contribution >= 4 is 5.96 Å². The molecule has 3 rings (SSSR count). The molecule has 7 nitrogen and oxygen atoms in total. The van der Waals surface area contributed by atoms with Gasteiger partial charge in [0, 0.05) is 20.2 Å². The van der Waals surface area contributed by atoms with E-state index >= 15 is 0 Å². The third kappa shape index (κ3) is 5.07. The normalized spacial score (nSPS) is 18.5. The zero-order valence-corrected chi connectivity index (χ0v) is 16.7. The minimum Gasteiger partial charge on any atom is -0.376 e. The van der Waals surface area contributed by atoms with E-state index < -0.39 is 0 Å². The predicted octanol–water partition coefficient (Wildman–Crippen LogP) is 2.41. The lowest BCUT2D eigenvalue weighted by atomic mass is 10.0. The molecule has 0 aliphatic carbocycles. The standard InChI is InChI=1S/C20H30N6O/c1-14-8-5-6-10-18(14)15(2)23-20(21-12-17-9-7-11-27-17)22-13-19-25-24-16(3)26(19)4/h5-6,8,10,15,17H,7,9,11-13H2,1-4H3,(H2,21,22,23). The van der Waals surface area contributed by atoms with Crippen molar-refractivity contribution < 1.29 is 4.74 Å². The zero-order valence-electron chi connectivity index (χ0n) is 16.7. The van der Waals surface area contributed by atoms with Crippen LogP contribution in [0.3, 0.4) is 0 Å². The average molecular weight is 371 g/mol. The van der Waals surface area contributed by atoms with Crippen molar-refractivity contribution in [2.24, 2.45) is 12.0 Å². The molecule has 2 heterocycles. The molecule has 0 radical (unpaired) electrons. The third-order valence-electron chi connectivity index (χ3n) is 5.09. The van der Waals surface area contributed by atoms with Gasteiger partial charge in [-0.25, -0.2) is 4.99 Å². The van der Waals surface area contributed by atoms with Crippen LogP contribution in [0.2, 0.25) is 0 Å². The number of hydrogen-bond donors (Lipinski definition) is 2. The van der Waals surface area contributed by atoms with E-state index in [2.05, 4.69) is 58.9 Å². The van der Waals surface area contributed by atoms with Gasteiger partial charge in [-0.2, -0.15) is 0 Å². The van der Waals surface area contributed by atoms with E-state index in [1.54, 1.807) is 0 Å². The van der Waals surface area contributed by atoms with E-state index in [0.29, 0.717) is 6.54 Å². The summed E-state index contributed by atoms with van der Waals surface area (Å²) in [6, 6.07) is 8.55. The van der Waals surface area contributed by atoms with Gasteiger partial charge in [0.05, 0.1) is 12.1 Å². The van der Waals surface area contributed by atoms with Crippen LogP contribution >= 0.6 is 0 Å². The van der Waals surface area contributed by atoms with Gasteiger partial charge in [-0.05, 0) is 44.7 Å². The summed E-state index contributed by atoms with van der Waals surface area (Å²) in [5.74, 6) is 2.49. The Morgan fingerprint density at radius 2 is 2.15 bits per heavy atom. The van der Waals surface area contributed by atoms with Crippen molar-refractivity contribution in [3.8, 4) is 0 Å². The highest BCUT2D eigenvalue weighted by atomic mass is 16.5. The van der Waals surface area contributed by atoms with Crippen molar-refractivity contribution in [1.82, 2.24) is 25.4 Å². The lowest BCUT2D eigenvalue weighted by Crippen LogP contribution is -2.42. The summed E-state index contributed by atoms with van der Waals surface area (Å²) in [7, 11) is 1.96. The van der Waals surface area contributed by atoms with E-state index in [1.165, 1.54) is 11.1 Å². The van der Waals surface area contributed by atoms with E-state index in [9.17, 15) is 0 Å². The minimum atomic E-state index is 0.142. The lowest BCUT2D eigenvalue weighted by Gasteiger charge is -2.21. The largest absolute Gasteiger partial charge is 0.376 e. The van der Waals surface area contributed by atoms with Crippen LogP contribution in [0.25, 0.3) is 0 Å². The fraction of sp³-hybridized carbons (Fsp3) is 0.550. The van der Waals surface area contributed by atoms with Crippen molar-refractivity contribution in [3.05, 3.63) is 47.0 Å². The molecule has 0 saturated carbocycles. The van der Waals surface area contributed by atoms with Gasteiger partial charge in [0.1, 0.15) is 12.4 Å². The van der Waals surface area contributed by atoms with Crippen molar-refractivity contribution in [2.75, 3.05) is 13.2 Å². The summed E-state index contributed by atoms with van der Waals surface area (Å²) >= 11 is 0. The SMILES string of the molecule is Cc1ccccc1C(C)NC(=NCc1nnc(C)n1C)NCC1CCCO1. The number of aromatic nitrogens is 3. The molecule has 27 heavy (non-hydrogen) atoms. The van der Waals surface area contributed by atoms with Gasteiger partial charge in [-0.3, -0.25) is 0 Å². The Labute approximate surface area is 161 Å². The number of ether oxygens (including phenoxy) is 1. The Morgan fingerprint density at radius 3 is 2.81 bits per heavy atom. The van der Waals surface area contributed by atoms with Gasteiger partial charge >= 0.3 is 0 Å². The number of hydrogen-bond acceptors (Lipinski definition) is 4. The maximum atomic E-state index is 5.73. The van der Waals surface area contributed by atoms with Crippen LogP contribution in [0.1, 0.15) is 48.6 Å². The van der Waals surface area contributed by atoms with Crippen LogP contribution < -0.4 is 10.6 Å². The predicted molar refractivity (Wildman–Crippen MR) is 107 cm³/mol. The fourth-order valence-corrected chi connectivity index (χ4v) is 3.26. The van der Waals surface area contributed by atoms with Crippen LogP contribution in [0.15, 0.2) is 29.3 Å². The van der Waals surface area contributed by atoms with Gasteiger partial charge in [-0.1, -0.05) is 24.3 Å². The maximum Gasteiger partial charge on any atom is 0.192 e. The van der Waals surface area contributed by atoms with E-state index in [0.717, 1.165) is 43.6 Å². The summed E-state index contributed by atoms with van der Waals surface area (Å²) in [6.45, 7) is 8.30. The fourth-order valence-electron chi connectivity index (χ4n) is 3.26. The van der Waals surface area contributed by atoms with E-state index in [4.69, 9.17) is 9.73 Å². The van der Waals surface area contributed by atoms with Gasteiger partial charge in [-0.15, -0.1) is 10.2 Å². The van der Waals surface area contributed by atoms with Crippen LogP contribution in [0.5, 0.6) is 0 Å². The molecule has 1 saturated heterocycles. The van der Waals surface area contributed by atoms with Crippen LogP contribution in [-0.4, -0.2) is 40.0 Å². The van der Waals surface area contributed by atoms with Crippen molar-refractivity contribution in [1.29, 1.82) is 0 Å². The molecule has 146 valence electrons. The zero-order chi connectivity index (χ0) is 19.2. The molecule has 1 aliphatic heterocycles. The third-order valence-corrected chi connectivity index (χ3v) is 5.09. The molecule has 0 bridgehead atoms. The monoisotopic (exact) mass is 370 g/mol. The molecule has 1 fully saturated rings. The molecule has 1 aliphatic rings. The molecule has 7 heteroatoms. The van der Waals surface area contributed by atoms with Gasteiger partial charge in [0.2, 0.25) is 0 Å². The summed E-state index contributed by atoms with van der Waals surface area (Å²) < 4.78 is 7.69. The van der Waals surface area contributed by atoms with Crippen molar-refractivity contribution in [2.45, 2.75) is 52.3 Å². The number of aryl methyl sites for hydroxylation is 2. The van der Waals surface area contributed by atoms with E-state index in [1.807, 2.05) is 18.5 Å². The smallest absolute Gasteiger partial charge is 0.192 e. The first kappa shape index (κ1) is 19.4. The number of nitrogens with zero attached hydrogens (tertiary/aromatic N) is 4. The second-order valence-electron chi connectivity index (χ2n) is 7.13. The number of guanidine groups is 1. The number of rotatable bonds is 6. The van der Waals surface area contributed by atoms with Crippen molar-refractivity contribution in [3.63, 3.8) is 0 Å². The first-order valence-corrected chi connectivity index (χ1v) is 9.61. The maximum absolute atomic E-state index is 5.73. The number of nitrogens with one attached hydrogen (secondary N) is 2. The summed E-state index contributed by atoms with van der Waals surface area (Å²) in [5, 5.41) is 15.3. The molecular weight excluding hydrogens is 340 g/mol. The van der Waals surface area contributed by atoms with Crippen LogP contribution in [0.4, 0.5) is 0 Å². The Kier molecular flexibility index (Phi) is 6.45. The Morgan fingerprint density at radius 1 is 1.33 bits per heavy atom. The molecule has 0 spiro atoms. The number of benzene rings is 1. The Balaban J connectivity index is 1.70. The van der Waals surface area contributed by atoms with E-state index in [-0.39, 0.29) is 12.1 Å². The Hall–Kier alpha value is -2.41. The molecule has 2 N–H and O–H groups in total. The summed E-state index contributed by atoms with van der Waals surface area (Å²) in [5.41, 5.74) is 2.53. The topological polar surface area (TPSA) is 76.4 Å². The minimum absolute atomic E-state index is 0.142. The highest BCUT2D eigenvalue weighted by Gasteiger charge is 2.17. The second kappa shape index (κ2) is 8.99. The van der Waals surface area contributed by atoms with Crippen LogP contribution in [0, 0.1) is 13.8 Å². The number of aliphatic imine (C=N–C) groups is 1. The molecule has 2 aromatic rings. The Bertz CT molecular complexity index is 779. The van der Waals surface area contributed by atoms with Gasteiger partial charge < -0.3 is 19.9 Å².